The van der Waals surface area contributed by atoms with Gasteiger partial charge in [-0.1, -0.05) is 11.6 Å². The summed E-state index contributed by atoms with van der Waals surface area (Å²) < 4.78 is 1.59. The van der Waals surface area contributed by atoms with Gasteiger partial charge in [0.1, 0.15) is 11.4 Å². The molecule has 3 aromatic rings. The van der Waals surface area contributed by atoms with Gasteiger partial charge in [-0.25, -0.2) is 4.98 Å². The quantitative estimate of drug-likeness (QED) is 0.475. The molecule has 11 heteroatoms. The molecule has 1 atom stereocenters. The van der Waals surface area contributed by atoms with Crippen LogP contribution >= 0.6 is 23.4 Å². The lowest BCUT2D eigenvalue weighted by molar-refractivity contribution is -0.113. The average Bonchev–Trinajstić information content (AvgIpc) is 3.17. The maximum Gasteiger partial charge on any atom is 0.251 e. The number of nitrogens with one attached hydrogen (secondary N) is 2. The summed E-state index contributed by atoms with van der Waals surface area (Å²) in [4.78, 5) is 36.2. The molecular weight excluding hydrogens is 488 g/mol. The van der Waals surface area contributed by atoms with Crippen LogP contribution in [0.3, 0.4) is 0 Å². The third-order valence-electron chi connectivity index (χ3n) is 7.02. The van der Waals surface area contributed by atoms with E-state index in [-0.39, 0.29) is 18.0 Å². The minimum absolute atomic E-state index is 0.0156. The van der Waals surface area contributed by atoms with E-state index in [1.165, 1.54) is 17.8 Å². The SMILES string of the molecule is O=C1CSc2ccc(CNC3CCN(C[C@]4(O)Cn5c(=O)ccc6ncc(Cl)c4c65)CC3)nc2N1. The van der Waals surface area contributed by atoms with Gasteiger partial charge in [0.25, 0.3) is 5.56 Å². The zero-order valence-corrected chi connectivity index (χ0v) is 20.5. The second kappa shape index (κ2) is 8.86. The minimum Gasteiger partial charge on any atom is -0.382 e. The number of halogens is 1. The number of pyridine rings is 3. The molecule has 1 saturated heterocycles. The number of thioether (sulfide) groups is 1. The summed E-state index contributed by atoms with van der Waals surface area (Å²) in [5.74, 6) is 1.06. The number of piperidine rings is 1. The van der Waals surface area contributed by atoms with Crippen LogP contribution in [0.25, 0.3) is 11.0 Å². The van der Waals surface area contributed by atoms with E-state index in [9.17, 15) is 14.7 Å². The van der Waals surface area contributed by atoms with Crippen LogP contribution in [0.2, 0.25) is 5.02 Å². The molecule has 6 rings (SSSR count). The van der Waals surface area contributed by atoms with Gasteiger partial charge < -0.3 is 20.3 Å². The van der Waals surface area contributed by atoms with Crippen molar-refractivity contribution >= 4 is 46.1 Å². The number of β-amino-alcohol motifs (C(OH)–C–C–N with tert-alkyl or cyclic N) is 1. The van der Waals surface area contributed by atoms with Gasteiger partial charge in [0.05, 0.1) is 38.9 Å². The van der Waals surface area contributed by atoms with Gasteiger partial charge in [-0.2, -0.15) is 0 Å². The van der Waals surface area contributed by atoms with Crippen molar-refractivity contribution in [2.75, 3.05) is 30.7 Å². The van der Waals surface area contributed by atoms with Crippen LogP contribution in [0.15, 0.2) is 40.2 Å². The first-order valence-electron chi connectivity index (χ1n) is 11.7. The highest BCUT2D eigenvalue weighted by molar-refractivity contribution is 8.00. The monoisotopic (exact) mass is 512 g/mol. The number of amides is 1. The molecule has 0 bridgehead atoms. The number of carbonyl (C=O) groups is 1. The summed E-state index contributed by atoms with van der Waals surface area (Å²) in [7, 11) is 0. The van der Waals surface area contributed by atoms with Crippen molar-refractivity contribution in [3.63, 3.8) is 0 Å². The van der Waals surface area contributed by atoms with E-state index in [1.54, 1.807) is 16.8 Å². The standard InChI is InChI=1S/C24H25ClN6O3S/c25-16-10-27-17-2-4-20(33)31-13-24(34,21(16)22(17)31)12-30-7-5-14(6-8-30)26-9-15-1-3-18-23(28-15)29-19(32)11-35-18/h1-4,10,14,26,34H,5-9,11-13H2,(H,28,29,32)/t24-/m0/s1. The number of nitrogens with zero attached hydrogens (tertiary/aromatic N) is 4. The Bertz CT molecular complexity index is 1390. The second-order valence-corrected chi connectivity index (χ2v) is 10.8. The third kappa shape index (κ3) is 4.23. The van der Waals surface area contributed by atoms with Gasteiger partial charge in [-0.15, -0.1) is 11.8 Å². The Morgan fingerprint density at radius 2 is 2.06 bits per heavy atom. The van der Waals surface area contributed by atoms with Crippen molar-refractivity contribution in [2.45, 2.75) is 42.5 Å². The van der Waals surface area contributed by atoms with Crippen molar-refractivity contribution in [1.82, 2.24) is 24.8 Å². The Hall–Kier alpha value is -2.50. The first kappa shape index (κ1) is 22.9. The van der Waals surface area contributed by atoms with E-state index in [0.29, 0.717) is 52.3 Å². The number of anilines is 1. The zero-order valence-electron chi connectivity index (χ0n) is 19.0. The first-order chi connectivity index (χ1) is 16.9. The molecule has 9 nitrogen and oxygen atoms in total. The molecule has 0 unspecified atom stereocenters. The predicted molar refractivity (Wildman–Crippen MR) is 135 cm³/mol. The topological polar surface area (TPSA) is 112 Å². The van der Waals surface area contributed by atoms with Gasteiger partial charge in [-0.05, 0) is 44.1 Å². The number of carbonyl (C=O) groups excluding carboxylic acids is 1. The highest BCUT2D eigenvalue weighted by atomic mass is 35.5. The summed E-state index contributed by atoms with van der Waals surface area (Å²) in [6.07, 6.45) is 3.42. The molecule has 35 heavy (non-hydrogen) atoms. The molecule has 0 saturated carbocycles. The number of aromatic nitrogens is 3. The number of hydrogen-bond acceptors (Lipinski definition) is 8. The first-order valence-corrected chi connectivity index (χ1v) is 13.1. The van der Waals surface area contributed by atoms with Crippen molar-refractivity contribution in [1.29, 1.82) is 0 Å². The Morgan fingerprint density at radius 3 is 2.89 bits per heavy atom. The lowest BCUT2D eigenvalue weighted by atomic mass is 9.94. The van der Waals surface area contributed by atoms with Gasteiger partial charge >= 0.3 is 0 Å². The maximum absolute atomic E-state index is 12.4. The van der Waals surface area contributed by atoms with Gasteiger partial charge in [-0.3, -0.25) is 19.5 Å². The van der Waals surface area contributed by atoms with E-state index in [2.05, 4.69) is 25.5 Å². The van der Waals surface area contributed by atoms with Gasteiger partial charge in [0.15, 0.2) is 0 Å². The van der Waals surface area contributed by atoms with Gasteiger partial charge in [0.2, 0.25) is 5.91 Å². The van der Waals surface area contributed by atoms with Crippen LogP contribution < -0.4 is 16.2 Å². The lowest BCUT2D eigenvalue weighted by Crippen LogP contribution is -2.48. The van der Waals surface area contributed by atoms with Crippen LogP contribution in [0.1, 0.15) is 24.1 Å². The molecule has 1 amide bonds. The molecule has 182 valence electrons. The molecule has 3 aromatic heterocycles. The number of hydrogen-bond donors (Lipinski definition) is 3. The van der Waals surface area contributed by atoms with Crippen molar-refractivity contribution in [3.05, 3.63) is 57.1 Å². The molecule has 0 aromatic carbocycles. The van der Waals surface area contributed by atoms with Crippen molar-refractivity contribution < 1.29 is 9.90 Å². The fourth-order valence-electron chi connectivity index (χ4n) is 5.32. The van der Waals surface area contributed by atoms with E-state index >= 15 is 0 Å². The van der Waals surface area contributed by atoms with E-state index in [4.69, 9.17) is 11.6 Å². The van der Waals surface area contributed by atoms with Crippen molar-refractivity contribution in [3.8, 4) is 0 Å². The number of likely N-dealkylation sites (tertiary alicyclic amines) is 1. The van der Waals surface area contributed by atoms with Crippen molar-refractivity contribution in [2.24, 2.45) is 0 Å². The average molecular weight is 513 g/mol. The largest absolute Gasteiger partial charge is 0.382 e. The molecule has 3 aliphatic heterocycles. The number of aliphatic hydroxyl groups is 1. The van der Waals surface area contributed by atoms with Crippen LogP contribution in [0.5, 0.6) is 0 Å². The third-order valence-corrected chi connectivity index (χ3v) is 8.35. The van der Waals surface area contributed by atoms with Gasteiger partial charge in [0, 0.05) is 37.0 Å². The molecule has 3 aliphatic rings. The fraction of sp³-hybridized carbons (Fsp3) is 0.417. The highest BCUT2D eigenvalue weighted by Gasteiger charge is 2.42. The lowest BCUT2D eigenvalue weighted by Gasteiger charge is -2.37. The summed E-state index contributed by atoms with van der Waals surface area (Å²) in [6, 6.07) is 7.52. The Balaban J connectivity index is 1.09. The smallest absolute Gasteiger partial charge is 0.251 e. The summed E-state index contributed by atoms with van der Waals surface area (Å²) in [6.45, 7) is 2.86. The molecule has 0 radical (unpaired) electrons. The van der Waals surface area contributed by atoms with E-state index < -0.39 is 5.60 Å². The molecule has 0 spiro atoms. The van der Waals surface area contributed by atoms with E-state index in [1.807, 2.05) is 12.1 Å². The minimum atomic E-state index is -1.23. The predicted octanol–water partition coefficient (Wildman–Crippen LogP) is 1.94. The number of rotatable bonds is 5. The van der Waals surface area contributed by atoms with Crippen LogP contribution in [0, 0.1) is 0 Å². The van der Waals surface area contributed by atoms with Crippen LogP contribution in [-0.4, -0.2) is 61.9 Å². The maximum atomic E-state index is 12.4. The summed E-state index contributed by atoms with van der Waals surface area (Å²) >= 11 is 7.98. The summed E-state index contributed by atoms with van der Waals surface area (Å²) in [5, 5.41) is 18.5. The Morgan fingerprint density at radius 1 is 1.23 bits per heavy atom. The van der Waals surface area contributed by atoms with Crippen LogP contribution in [-0.2, 0) is 23.5 Å². The number of fused-ring (bicyclic) bond motifs is 1. The molecule has 1 fully saturated rings. The fourth-order valence-corrected chi connectivity index (χ4v) is 6.40. The molecule has 3 N–H and O–H groups in total. The normalized spacial score (nSPS) is 22.4. The van der Waals surface area contributed by atoms with E-state index in [0.717, 1.165) is 36.5 Å². The second-order valence-electron chi connectivity index (χ2n) is 9.42. The molecule has 6 heterocycles. The van der Waals surface area contributed by atoms with Crippen LogP contribution in [0.4, 0.5) is 5.82 Å². The highest BCUT2D eigenvalue weighted by Crippen LogP contribution is 2.40. The summed E-state index contributed by atoms with van der Waals surface area (Å²) in [5.41, 5.74) is 1.41. The molecule has 0 aliphatic carbocycles. The Kier molecular flexibility index (Phi) is 5.81. The zero-order chi connectivity index (χ0) is 24.2. The molecular formula is C24H25ClN6O3S. The Labute approximate surface area is 210 Å².